The highest BCUT2D eigenvalue weighted by Crippen LogP contribution is 2.30. The van der Waals surface area contributed by atoms with E-state index in [0.717, 1.165) is 5.56 Å². The number of urea groups is 1. The highest BCUT2D eigenvalue weighted by Gasteiger charge is 2.08. The molecular formula is C20H19N5O3. The highest BCUT2D eigenvalue weighted by atomic mass is 16.5. The molecule has 0 radical (unpaired) electrons. The van der Waals surface area contributed by atoms with Gasteiger partial charge in [-0.25, -0.2) is 20.2 Å². The Morgan fingerprint density at radius 3 is 2.39 bits per heavy atom. The second-order valence-electron chi connectivity index (χ2n) is 5.60. The van der Waals surface area contributed by atoms with Crippen molar-refractivity contribution in [1.82, 2.24) is 15.4 Å². The summed E-state index contributed by atoms with van der Waals surface area (Å²) >= 11 is 0. The fraction of sp³-hybridized carbons (Fsp3) is 0.100. The van der Waals surface area contributed by atoms with E-state index in [-0.39, 0.29) is 0 Å². The number of carbonyl (C=O) groups excluding carboxylic acids is 1. The van der Waals surface area contributed by atoms with Crippen LogP contribution in [0.3, 0.4) is 0 Å². The van der Waals surface area contributed by atoms with Crippen LogP contribution in [0.15, 0.2) is 66.0 Å². The van der Waals surface area contributed by atoms with E-state index in [1.807, 2.05) is 24.3 Å². The van der Waals surface area contributed by atoms with Gasteiger partial charge in [-0.15, -0.1) is 0 Å². The largest absolute Gasteiger partial charge is 0.493 e. The minimum Gasteiger partial charge on any atom is -0.493 e. The molecule has 2 N–H and O–H groups in total. The average Bonchev–Trinajstić information content (AvgIpc) is 2.74. The molecular weight excluding hydrogens is 358 g/mol. The van der Waals surface area contributed by atoms with Crippen LogP contribution in [0.1, 0.15) is 5.56 Å². The lowest BCUT2D eigenvalue weighted by Gasteiger charge is -2.08. The van der Waals surface area contributed by atoms with Crippen molar-refractivity contribution in [2.24, 2.45) is 5.10 Å². The number of methoxy groups -OCH3 is 2. The molecule has 142 valence electrons. The van der Waals surface area contributed by atoms with Gasteiger partial charge < -0.3 is 14.8 Å². The van der Waals surface area contributed by atoms with Gasteiger partial charge in [0.15, 0.2) is 17.3 Å². The molecule has 3 rings (SSSR count). The van der Waals surface area contributed by atoms with Gasteiger partial charge in [0.2, 0.25) is 0 Å². The Morgan fingerprint density at radius 2 is 1.71 bits per heavy atom. The third-order valence-corrected chi connectivity index (χ3v) is 3.72. The zero-order chi connectivity index (χ0) is 19.8. The fourth-order valence-corrected chi connectivity index (χ4v) is 2.38. The standard InChI is InChI=1S/C20H19N5O3/c1-27-17-9-8-15(10-18(17)28-2)19-21-11-14(12-22-19)13-23-25-20(26)24-16-6-4-3-5-7-16/h3-13H,1-2H3,(H2,24,25,26)/b23-13-. The van der Waals surface area contributed by atoms with Crippen LogP contribution in [0.5, 0.6) is 11.5 Å². The predicted octanol–water partition coefficient (Wildman–Crippen LogP) is 3.32. The molecule has 8 nitrogen and oxygen atoms in total. The molecule has 0 spiro atoms. The lowest BCUT2D eigenvalue weighted by atomic mass is 10.2. The van der Waals surface area contributed by atoms with E-state index in [1.54, 1.807) is 50.9 Å². The Hall–Kier alpha value is -3.94. The minimum atomic E-state index is -0.440. The molecule has 0 saturated carbocycles. The molecule has 1 heterocycles. The van der Waals surface area contributed by atoms with Crippen molar-refractivity contribution in [3.63, 3.8) is 0 Å². The lowest BCUT2D eigenvalue weighted by molar-refractivity contribution is 0.252. The molecule has 0 aliphatic carbocycles. The maximum Gasteiger partial charge on any atom is 0.339 e. The van der Waals surface area contributed by atoms with Crippen molar-refractivity contribution in [1.29, 1.82) is 0 Å². The molecule has 0 atom stereocenters. The molecule has 0 fully saturated rings. The van der Waals surface area contributed by atoms with Crippen molar-refractivity contribution < 1.29 is 14.3 Å². The summed E-state index contributed by atoms with van der Waals surface area (Å²) in [6.07, 6.45) is 4.68. The molecule has 28 heavy (non-hydrogen) atoms. The van der Waals surface area contributed by atoms with Crippen LogP contribution in [0.4, 0.5) is 10.5 Å². The Balaban J connectivity index is 1.61. The smallest absolute Gasteiger partial charge is 0.339 e. The summed E-state index contributed by atoms with van der Waals surface area (Å²) in [5.41, 5.74) is 4.50. The molecule has 0 bridgehead atoms. The summed E-state index contributed by atoms with van der Waals surface area (Å²) in [5.74, 6) is 1.77. The summed E-state index contributed by atoms with van der Waals surface area (Å²) in [5, 5.41) is 6.55. The van der Waals surface area contributed by atoms with Gasteiger partial charge in [-0.2, -0.15) is 5.10 Å². The number of benzene rings is 2. The highest BCUT2D eigenvalue weighted by molar-refractivity contribution is 5.90. The van der Waals surface area contributed by atoms with Gasteiger partial charge in [0.05, 0.1) is 20.4 Å². The Morgan fingerprint density at radius 1 is 1.00 bits per heavy atom. The Kier molecular flexibility index (Phi) is 6.14. The molecule has 0 unspecified atom stereocenters. The zero-order valence-corrected chi connectivity index (χ0v) is 15.4. The number of aromatic nitrogens is 2. The first kappa shape index (κ1) is 18.8. The average molecular weight is 377 g/mol. The number of nitrogens with one attached hydrogen (secondary N) is 2. The third-order valence-electron chi connectivity index (χ3n) is 3.72. The first-order valence-corrected chi connectivity index (χ1v) is 8.39. The van der Waals surface area contributed by atoms with E-state index >= 15 is 0 Å². The summed E-state index contributed by atoms with van der Waals surface area (Å²) in [4.78, 5) is 20.4. The van der Waals surface area contributed by atoms with Crippen LogP contribution in [0, 0.1) is 0 Å². The van der Waals surface area contributed by atoms with E-state index < -0.39 is 6.03 Å². The number of nitrogens with zero attached hydrogens (tertiary/aromatic N) is 3. The number of hydrogen-bond donors (Lipinski definition) is 2. The van der Waals surface area contributed by atoms with Crippen molar-refractivity contribution in [3.05, 3.63) is 66.5 Å². The zero-order valence-electron chi connectivity index (χ0n) is 15.4. The van der Waals surface area contributed by atoms with E-state index in [9.17, 15) is 4.79 Å². The topological polar surface area (TPSA) is 97.7 Å². The number of ether oxygens (including phenoxy) is 2. The summed E-state index contributed by atoms with van der Waals surface area (Å²) < 4.78 is 10.5. The molecule has 0 saturated heterocycles. The number of anilines is 1. The number of carbonyl (C=O) groups is 1. The van der Waals surface area contributed by atoms with Gasteiger partial charge in [-0.3, -0.25) is 0 Å². The summed E-state index contributed by atoms with van der Waals surface area (Å²) in [7, 11) is 3.15. The predicted molar refractivity (Wildman–Crippen MR) is 107 cm³/mol. The first-order valence-electron chi connectivity index (χ1n) is 8.39. The normalized spacial score (nSPS) is 10.5. The molecule has 0 aliphatic rings. The van der Waals surface area contributed by atoms with Gasteiger partial charge in [0.25, 0.3) is 0 Å². The van der Waals surface area contributed by atoms with Crippen LogP contribution in [-0.2, 0) is 0 Å². The van der Waals surface area contributed by atoms with E-state index in [4.69, 9.17) is 9.47 Å². The fourth-order valence-electron chi connectivity index (χ4n) is 2.38. The summed E-state index contributed by atoms with van der Waals surface area (Å²) in [6, 6.07) is 14.1. The quantitative estimate of drug-likeness (QED) is 0.507. The second-order valence-corrected chi connectivity index (χ2v) is 5.60. The van der Waals surface area contributed by atoms with Crippen molar-refractivity contribution in [2.75, 3.05) is 19.5 Å². The number of para-hydroxylation sites is 1. The first-order chi connectivity index (χ1) is 13.7. The number of amides is 2. The number of hydrogen-bond acceptors (Lipinski definition) is 6. The molecule has 0 aliphatic heterocycles. The SMILES string of the molecule is COc1ccc(-c2ncc(/C=N\NC(=O)Nc3ccccc3)cn2)cc1OC. The lowest BCUT2D eigenvalue weighted by Crippen LogP contribution is -2.24. The Bertz CT molecular complexity index is 959. The van der Waals surface area contributed by atoms with Gasteiger partial charge >= 0.3 is 6.03 Å². The maximum atomic E-state index is 11.8. The second kappa shape index (κ2) is 9.13. The van der Waals surface area contributed by atoms with E-state index in [1.165, 1.54) is 6.21 Å². The molecule has 1 aromatic heterocycles. The maximum absolute atomic E-state index is 11.8. The monoisotopic (exact) mass is 377 g/mol. The number of hydrazone groups is 1. The Labute approximate surface area is 162 Å². The molecule has 2 amide bonds. The van der Waals surface area contributed by atoms with E-state index in [2.05, 4.69) is 25.8 Å². The molecule has 2 aromatic carbocycles. The van der Waals surface area contributed by atoms with Crippen LogP contribution in [-0.4, -0.2) is 36.4 Å². The molecule has 3 aromatic rings. The summed E-state index contributed by atoms with van der Waals surface area (Å²) in [6.45, 7) is 0. The molecule has 8 heteroatoms. The van der Waals surface area contributed by atoms with Crippen molar-refractivity contribution in [2.45, 2.75) is 0 Å². The third kappa shape index (κ3) is 4.82. The van der Waals surface area contributed by atoms with Crippen molar-refractivity contribution >= 4 is 17.9 Å². The van der Waals surface area contributed by atoms with Crippen LogP contribution >= 0.6 is 0 Å². The van der Waals surface area contributed by atoms with Gasteiger partial charge in [-0.05, 0) is 30.3 Å². The number of rotatable bonds is 6. The van der Waals surface area contributed by atoms with Gasteiger partial charge in [0, 0.05) is 29.2 Å². The van der Waals surface area contributed by atoms with E-state index in [0.29, 0.717) is 28.6 Å². The van der Waals surface area contributed by atoms with Crippen LogP contribution < -0.4 is 20.2 Å². The van der Waals surface area contributed by atoms with Crippen LogP contribution in [0.2, 0.25) is 0 Å². The van der Waals surface area contributed by atoms with Crippen molar-refractivity contribution in [3.8, 4) is 22.9 Å². The van der Waals surface area contributed by atoms with Crippen LogP contribution in [0.25, 0.3) is 11.4 Å². The van der Waals surface area contributed by atoms with Gasteiger partial charge in [-0.1, -0.05) is 18.2 Å². The minimum absolute atomic E-state index is 0.440. The van der Waals surface area contributed by atoms with Gasteiger partial charge in [0.1, 0.15) is 0 Å².